The van der Waals surface area contributed by atoms with Gasteiger partial charge in [-0.2, -0.15) is 4.98 Å². The summed E-state index contributed by atoms with van der Waals surface area (Å²) in [5, 5.41) is 4.07. The Morgan fingerprint density at radius 3 is 2.28 bits per heavy atom. The number of Topliss-reactive ketones (excluding diaryl/α,β-unsaturated/α-hetero) is 1. The maximum absolute atomic E-state index is 12.7. The van der Waals surface area contributed by atoms with Crippen LogP contribution in [0.3, 0.4) is 0 Å². The van der Waals surface area contributed by atoms with Gasteiger partial charge < -0.3 is 23.6 Å². The highest BCUT2D eigenvalue weighted by molar-refractivity contribution is 5.98. The van der Waals surface area contributed by atoms with Crippen LogP contribution in [0.15, 0.2) is 47.0 Å². The van der Waals surface area contributed by atoms with Gasteiger partial charge in [0, 0.05) is 50.1 Å². The smallest absolute Gasteiger partial charge is 0.241 e. The predicted molar refractivity (Wildman–Crippen MR) is 131 cm³/mol. The van der Waals surface area contributed by atoms with Crippen LogP contribution in [0.1, 0.15) is 29.1 Å². The summed E-state index contributed by atoms with van der Waals surface area (Å²) >= 11 is 0. The zero-order chi connectivity index (χ0) is 25.5. The predicted octanol–water partition coefficient (Wildman–Crippen LogP) is 3.07. The lowest BCUT2D eigenvalue weighted by molar-refractivity contribution is -0.133. The fraction of sp³-hybridized carbons (Fsp3) is 0.385. The molecule has 0 saturated carbocycles. The average molecular weight is 495 g/mol. The van der Waals surface area contributed by atoms with Gasteiger partial charge in [-0.1, -0.05) is 5.16 Å². The average Bonchev–Trinajstić information content (AvgIpc) is 3.39. The van der Waals surface area contributed by atoms with Crippen molar-refractivity contribution in [1.29, 1.82) is 0 Å². The molecule has 0 N–H and O–H groups in total. The van der Waals surface area contributed by atoms with E-state index in [-0.39, 0.29) is 24.5 Å². The van der Waals surface area contributed by atoms with Crippen LogP contribution in [0.2, 0.25) is 0 Å². The first kappa shape index (κ1) is 25.2. The van der Waals surface area contributed by atoms with Gasteiger partial charge >= 0.3 is 0 Å². The SMILES string of the molecule is COc1ccc(-c2noc(CN3CCN(C(=O)CCC(=O)c4ccc(OC)c(OC)c4)CC3)n2)cc1. The van der Waals surface area contributed by atoms with Crippen molar-refractivity contribution in [3.63, 3.8) is 0 Å². The highest BCUT2D eigenvalue weighted by Crippen LogP contribution is 2.28. The summed E-state index contributed by atoms with van der Waals surface area (Å²) in [4.78, 5) is 33.7. The summed E-state index contributed by atoms with van der Waals surface area (Å²) in [6.45, 7) is 3.07. The van der Waals surface area contributed by atoms with Gasteiger partial charge in [-0.05, 0) is 42.5 Å². The highest BCUT2D eigenvalue weighted by Gasteiger charge is 2.23. The van der Waals surface area contributed by atoms with Crippen molar-refractivity contribution in [3.05, 3.63) is 53.9 Å². The van der Waals surface area contributed by atoms with Gasteiger partial charge in [-0.25, -0.2) is 0 Å². The van der Waals surface area contributed by atoms with Crippen molar-refractivity contribution in [2.75, 3.05) is 47.5 Å². The summed E-state index contributed by atoms with van der Waals surface area (Å²) in [6.07, 6.45) is 0.312. The van der Waals surface area contributed by atoms with Crippen LogP contribution >= 0.6 is 0 Å². The van der Waals surface area contributed by atoms with E-state index in [1.807, 2.05) is 24.3 Å². The fourth-order valence-corrected chi connectivity index (χ4v) is 4.06. The molecule has 4 rings (SSSR count). The normalized spacial score (nSPS) is 13.9. The molecule has 1 amide bonds. The molecule has 36 heavy (non-hydrogen) atoms. The molecule has 0 atom stereocenters. The van der Waals surface area contributed by atoms with E-state index in [4.69, 9.17) is 18.7 Å². The third kappa shape index (κ3) is 6.01. The standard InChI is InChI=1S/C26H30N4O6/c1-33-20-7-4-18(5-8-20)26-27-24(36-28-26)17-29-12-14-30(15-13-29)25(32)11-9-21(31)19-6-10-22(34-2)23(16-19)35-3/h4-8,10,16H,9,11-15,17H2,1-3H3. The van der Waals surface area contributed by atoms with Gasteiger partial charge in [0.1, 0.15) is 5.75 Å². The third-order valence-electron chi connectivity index (χ3n) is 6.17. The van der Waals surface area contributed by atoms with Crippen molar-refractivity contribution in [3.8, 4) is 28.6 Å². The van der Waals surface area contributed by atoms with Crippen LogP contribution in [-0.4, -0.2) is 79.1 Å². The van der Waals surface area contributed by atoms with E-state index in [9.17, 15) is 9.59 Å². The lowest BCUT2D eigenvalue weighted by Crippen LogP contribution is -2.48. The molecule has 0 aliphatic carbocycles. The molecule has 1 saturated heterocycles. The molecule has 0 spiro atoms. The third-order valence-corrected chi connectivity index (χ3v) is 6.17. The molecule has 10 nitrogen and oxygen atoms in total. The zero-order valence-electron chi connectivity index (χ0n) is 20.7. The molecular weight excluding hydrogens is 464 g/mol. The molecule has 3 aromatic rings. The lowest BCUT2D eigenvalue weighted by Gasteiger charge is -2.34. The molecule has 0 radical (unpaired) electrons. The van der Waals surface area contributed by atoms with Crippen molar-refractivity contribution < 1.29 is 28.3 Å². The highest BCUT2D eigenvalue weighted by atomic mass is 16.5. The summed E-state index contributed by atoms with van der Waals surface area (Å²) in [6, 6.07) is 12.5. The van der Waals surface area contributed by atoms with Gasteiger partial charge in [-0.3, -0.25) is 14.5 Å². The van der Waals surface area contributed by atoms with Crippen molar-refractivity contribution in [2.24, 2.45) is 0 Å². The van der Waals surface area contributed by atoms with Crippen molar-refractivity contribution in [2.45, 2.75) is 19.4 Å². The minimum absolute atomic E-state index is 0.0249. The Kier molecular flexibility index (Phi) is 8.17. The number of carbonyl (C=O) groups excluding carboxylic acids is 2. The molecule has 2 aromatic carbocycles. The first-order valence-corrected chi connectivity index (χ1v) is 11.7. The molecule has 10 heteroatoms. The van der Waals surface area contributed by atoms with Gasteiger partial charge in [0.25, 0.3) is 0 Å². The molecule has 2 heterocycles. The van der Waals surface area contributed by atoms with Crippen LogP contribution in [0.5, 0.6) is 17.2 Å². The van der Waals surface area contributed by atoms with Crippen molar-refractivity contribution >= 4 is 11.7 Å². The summed E-state index contributed by atoms with van der Waals surface area (Å²) in [5.74, 6) is 2.74. The van der Waals surface area contributed by atoms with Gasteiger partial charge in [0.15, 0.2) is 17.3 Å². The maximum Gasteiger partial charge on any atom is 0.241 e. The molecule has 1 aliphatic heterocycles. The van der Waals surface area contributed by atoms with E-state index in [1.54, 1.807) is 37.3 Å². The Morgan fingerprint density at radius 1 is 0.889 bits per heavy atom. The Balaban J connectivity index is 1.23. The molecular formula is C26H30N4O6. The molecule has 1 aromatic heterocycles. The number of hydrogen-bond acceptors (Lipinski definition) is 9. The van der Waals surface area contributed by atoms with Crippen LogP contribution in [0, 0.1) is 0 Å². The van der Waals surface area contributed by atoms with E-state index in [1.165, 1.54) is 7.11 Å². The molecule has 1 aliphatic rings. The number of amides is 1. The van der Waals surface area contributed by atoms with E-state index in [0.29, 0.717) is 61.5 Å². The topological polar surface area (TPSA) is 107 Å². The Hall–Kier alpha value is -3.92. The van der Waals surface area contributed by atoms with Gasteiger partial charge in [0.05, 0.1) is 27.9 Å². The van der Waals surface area contributed by atoms with E-state index >= 15 is 0 Å². The number of ketones is 1. The van der Waals surface area contributed by atoms with Crippen LogP contribution < -0.4 is 14.2 Å². The summed E-state index contributed by atoms with van der Waals surface area (Å²) in [5.41, 5.74) is 1.35. The molecule has 0 unspecified atom stereocenters. The number of piperazine rings is 1. The Morgan fingerprint density at radius 2 is 1.61 bits per heavy atom. The van der Waals surface area contributed by atoms with Crippen molar-refractivity contribution in [1.82, 2.24) is 19.9 Å². The van der Waals surface area contributed by atoms with E-state index in [2.05, 4.69) is 15.0 Å². The molecule has 1 fully saturated rings. The number of ether oxygens (including phenoxy) is 3. The van der Waals surface area contributed by atoms with Gasteiger partial charge in [0.2, 0.25) is 17.6 Å². The largest absolute Gasteiger partial charge is 0.497 e. The monoisotopic (exact) mass is 494 g/mol. The second-order valence-corrected chi connectivity index (χ2v) is 8.39. The molecule has 0 bridgehead atoms. The second kappa shape index (κ2) is 11.7. The van der Waals surface area contributed by atoms with E-state index in [0.717, 1.165) is 11.3 Å². The molecule has 190 valence electrons. The Bertz CT molecular complexity index is 1190. The summed E-state index contributed by atoms with van der Waals surface area (Å²) in [7, 11) is 4.68. The number of benzene rings is 2. The number of methoxy groups -OCH3 is 3. The lowest BCUT2D eigenvalue weighted by atomic mass is 10.1. The number of rotatable bonds is 10. The first-order valence-electron chi connectivity index (χ1n) is 11.7. The number of carbonyl (C=O) groups is 2. The van der Waals surface area contributed by atoms with Gasteiger partial charge in [-0.15, -0.1) is 0 Å². The second-order valence-electron chi connectivity index (χ2n) is 8.39. The Labute approximate surface area is 209 Å². The zero-order valence-corrected chi connectivity index (χ0v) is 20.7. The quantitative estimate of drug-likeness (QED) is 0.393. The van der Waals surface area contributed by atoms with Crippen LogP contribution in [0.4, 0.5) is 0 Å². The minimum atomic E-state index is -0.105. The number of aromatic nitrogens is 2. The summed E-state index contributed by atoms with van der Waals surface area (Å²) < 4.78 is 21.1. The van der Waals surface area contributed by atoms with Crippen LogP contribution in [-0.2, 0) is 11.3 Å². The fourth-order valence-electron chi connectivity index (χ4n) is 4.06. The number of nitrogens with zero attached hydrogens (tertiary/aromatic N) is 4. The van der Waals surface area contributed by atoms with Crippen LogP contribution in [0.25, 0.3) is 11.4 Å². The first-order chi connectivity index (χ1) is 17.5. The maximum atomic E-state index is 12.7. The minimum Gasteiger partial charge on any atom is -0.497 e. The van der Waals surface area contributed by atoms with E-state index < -0.39 is 0 Å². The number of hydrogen-bond donors (Lipinski definition) is 0.